The van der Waals surface area contributed by atoms with Crippen LogP contribution in [-0.4, -0.2) is 41.6 Å². The lowest BCUT2D eigenvalue weighted by atomic mass is 10.2. The largest absolute Gasteiger partial charge is 0.296 e. The molecule has 5 heteroatoms. The first-order chi connectivity index (χ1) is 6.92. The first kappa shape index (κ1) is 10.1. The Labute approximate surface area is 88.7 Å². The van der Waals surface area contributed by atoms with E-state index in [0.29, 0.717) is 6.54 Å². The summed E-state index contributed by atoms with van der Waals surface area (Å²) >= 11 is 2.05. The molecule has 2 fully saturated rings. The third-order valence-electron chi connectivity index (χ3n) is 2.91. The smallest absolute Gasteiger partial charge is 0.0386 e. The van der Waals surface area contributed by atoms with Gasteiger partial charge in [-0.05, 0) is 30.5 Å². The quantitative estimate of drug-likeness (QED) is 0.399. The van der Waals surface area contributed by atoms with Gasteiger partial charge in [0.25, 0.3) is 0 Å². The predicted molar refractivity (Wildman–Crippen MR) is 59.5 cm³/mol. The molecule has 1 saturated carbocycles. The van der Waals surface area contributed by atoms with Crippen molar-refractivity contribution >= 4 is 11.8 Å². The molecule has 2 aliphatic rings. The number of azide groups is 1. The molecular formula is C9H16N4S. The van der Waals surface area contributed by atoms with Gasteiger partial charge < -0.3 is 0 Å². The Bertz CT molecular complexity index is 229. The summed E-state index contributed by atoms with van der Waals surface area (Å²) in [4.78, 5) is 5.37. The van der Waals surface area contributed by atoms with Crippen molar-refractivity contribution in [2.24, 2.45) is 5.11 Å². The molecule has 78 valence electrons. The fourth-order valence-electron chi connectivity index (χ4n) is 2.06. The van der Waals surface area contributed by atoms with Crippen LogP contribution in [0.2, 0.25) is 0 Å². The van der Waals surface area contributed by atoms with E-state index in [1.54, 1.807) is 0 Å². The molecular weight excluding hydrogens is 196 g/mol. The lowest BCUT2D eigenvalue weighted by Gasteiger charge is -2.27. The maximum Gasteiger partial charge on any atom is 0.0386 e. The van der Waals surface area contributed by atoms with Gasteiger partial charge >= 0.3 is 0 Å². The van der Waals surface area contributed by atoms with Gasteiger partial charge in [-0.15, -0.1) is 0 Å². The third-order valence-corrected chi connectivity index (χ3v) is 4.06. The average Bonchev–Trinajstić information content (AvgIpc) is 2.88. The third kappa shape index (κ3) is 2.56. The maximum absolute atomic E-state index is 8.23. The molecule has 0 aromatic heterocycles. The van der Waals surface area contributed by atoms with E-state index in [9.17, 15) is 0 Å². The van der Waals surface area contributed by atoms with E-state index < -0.39 is 0 Å². The zero-order chi connectivity index (χ0) is 9.80. The summed E-state index contributed by atoms with van der Waals surface area (Å²) in [6.45, 7) is 1.59. The zero-order valence-corrected chi connectivity index (χ0v) is 9.12. The molecule has 0 radical (unpaired) electrons. The summed E-state index contributed by atoms with van der Waals surface area (Å²) in [5, 5.41) is 3.63. The average molecular weight is 212 g/mol. The minimum Gasteiger partial charge on any atom is -0.296 e. The molecule has 0 unspecified atom stereocenters. The highest BCUT2D eigenvalue weighted by Gasteiger charge is 2.34. The first-order valence-corrected chi connectivity index (χ1v) is 6.41. The molecule has 0 spiro atoms. The second-order valence-corrected chi connectivity index (χ2v) is 5.09. The van der Waals surface area contributed by atoms with E-state index in [0.717, 1.165) is 18.6 Å². The van der Waals surface area contributed by atoms with Crippen molar-refractivity contribution in [3.63, 3.8) is 0 Å². The van der Waals surface area contributed by atoms with Gasteiger partial charge in [0.1, 0.15) is 0 Å². The summed E-state index contributed by atoms with van der Waals surface area (Å²) in [5.41, 5.74) is 8.23. The Kier molecular flexibility index (Phi) is 3.56. The molecule has 4 nitrogen and oxygen atoms in total. The van der Waals surface area contributed by atoms with Gasteiger partial charge in [0, 0.05) is 35.8 Å². The molecule has 1 saturated heterocycles. The number of thioether (sulfide) groups is 1. The van der Waals surface area contributed by atoms with E-state index in [4.69, 9.17) is 5.53 Å². The number of hydrogen-bond donors (Lipinski definition) is 0. The standard InChI is InChI=1S/C9H16N4S/c10-12-11-4-5-13(8-1-2-8)9-3-6-14-7-9/h8-9H,1-7H2/t9-/m0/s1. The van der Waals surface area contributed by atoms with E-state index in [1.807, 2.05) is 11.8 Å². The molecule has 0 bridgehead atoms. The van der Waals surface area contributed by atoms with Crippen LogP contribution in [0.25, 0.3) is 10.4 Å². The van der Waals surface area contributed by atoms with Crippen molar-refractivity contribution in [2.45, 2.75) is 31.3 Å². The molecule has 1 heterocycles. The predicted octanol–water partition coefficient (Wildman–Crippen LogP) is 2.27. The van der Waals surface area contributed by atoms with Crippen molar-refractivity contribution in [3.8, 4) is 0 Å². The molecule has 1 aliphatic carbocycles. The summed E-state index contributed by atoms with van der Waals surface area (Å²) in [6.07, 6.45) is 4.01. The summed E-state index contributed by atoms with van der Waals surface area (Å²) in [7, 11) is 0. The highest BCUT2D eigenvalue weighted by Crippen LogP contribution is 2.33. The Morgan fingerprint density at radius 1 is 1.36 bits per heavy atom. The molecule has 2 rings (SSSR count). The summed E-state index contributed by atoms with van der Waals surface area (Å²) < 4.78 is 0. The Balaban J connectivity index is 1.83. The topological polar surface area (TPSA) is 52.0 Å². The first-order valence-electron chi connectivity index (χ1n) is 5.26. The minimum atomic E-state index is 0.633. The lowest BCUT2D eigenvalue weighted by molar-refractivity contribution is 0.208. The van der Waals surface area contributed by atoms with Crippen molar-refractivity contribution < 1.29 is 0 Å². The normalized spacial score (nSPS) is 26.5. The number of rotatable bonds is 5. The second-order valence-electron chi connectivity index (χ2n) is 3.94. The van der Waals surface area contributed by atoms with Gasteiger partial charge in [0.2, 0.25) is 0 Å². The summed E-state index contributed by atoms with van der Waals surface area (Å²) in [5.74, 6) is 2.57. The van der Waals surface area contributed by atoms with Crippen LogP contribution < -0.4 is 0 Å². The number of nitrogens with zero attached hydrogens (tertiary/aromatic N) is 4. The van der Waals surface area contributed by atoms with Crippen molar-refractivity contribution in [2.75, 3.05) is 24.6 Å². The van der Waals surface area contributed by atoms with Gasteiger partial charge in [0.15, 0.2) is 0 Å². The van der Waals surface area contributed by atoms with Crippen LogP contribution in [0.4, 0.5) is 0 Å². The van der Waals surface area contributed by atoms with E-state index in [-0.39, 0.29) is 0 Å². The fourth-order valence-corrected chi connectivity index (χ4v) is 3.29. The molecule has 1 aliphatic heterocycles. The van der Waals surface area contributed by atoms with Crippen molar-refractivity contribution in [1.29, 1.82) is 0 Å². The monoisotopic (exact) mass is 212 g/mol. The summed E-state index contributed by atoms with van der Waals surface area (Å²) in [6, 6.07) is 1.55. The molecule has 0 aromatic rings. The van der Waals surface area contributed by atoms with Gasteiger partial charge in [0.05, 0.1) is 0 Å². The van der Waals surface area contributed by atoms with Gasteiger partial charge in [-0.25, -0.2) is 0 Å². The Morgan fingerprint density at radius 2 is 2.21 bits per heavy atom. The Morgan fingerprint density at radius 3 is 2.79 bits per heavy atom. The molecule has 0 amide bonds. The van der Waals surface area contributed by atoms with Crippen LogP contribution in [0.15, 0.2) is 5.11 Å². The fraction of sp³-hybridized carbons (Fsp3) is 1.00. The van der Waals surface area contributed by atoms with Gasteiger partial charge in [-0.3, -0.25) is 4.90 Å². The van der Waals surface area contributed by atoms with Crippen LogP contribution in [0.3, 0.4) is 0 Å². The van der Waals surface area contributed by atoms with E-state index in [2.05, 4.69) is 14.9 Å². The van der Waals surface area contributed by atoms with Crippen LogP contribution in [0, 0.1) is 0 Å². The van der Waals surface area contributed by atoms with Crippen LogP contribution in [0.1, 0.15) is 19.3 Å². The second kappa shape index (κ2) is 4.91. The molecule has 1 atom stereocenters. The minimum absolute atomic E-state index is 0.633. The maximum atomic E-state index is 8.23. The highest BCUT2D eigenvalue weighted by atomic mass is 32.2. The van der Waals surface area contributed by atoms with E-state index >= 15 is 0 Å². The Hall–Kier alpha value is -0.380. The number of hydrogen-bond acceptors (Lipinski definition) is 3. The molecule has 0 N–H and O–H groups in total. The lowest BCUT2D eigenvalue weighted by Crippen LogP contribution is -2.38. The SMILES string of the molecule is [N-]=[N+]=NCCN(C1CC1)[C@H]1CCSC1. The van der Waals surface area contributed by atoms with Gasteiger partial charge in [-0.1, -0.05) is 5.11 Å². The molecule has 0 aromatic carbocycles. The van der Waals surface area contributed by atoms with Crippen LogP contribution in [-0.2, 0) is 0 Å². The highest BCUT2D eigenvalue weighted by molar-refractivity contribution is 7.99. The van der Waals surface area contributed by atoms with Crippen LogP contribution in [0.5, 0.6) is 0 Å². The van der Waals surface area contributed by atoms with Crippen LogP contribution >= 0.6 is 11.8 Å². The van der Waals surface area contributed by atoms with E-state index in [1.165, 1.54) is 30.8 Å². The van der Waals surface area contributed by atoms with Crippen molar-refractivity contribution in [1.82, 2.24) is 4.90 Å². The van der Waals surface area contributed by atoms with Gasteiger partial charge in [-0.2, -0.15) is 11.8 Å². The van der Waals surface area contributed by atoms with Crippen molar-refractivity contribution in [3.05, 3.63) is 10.4 Å². The zero-order valence-electron chi connectivity index (χ0n) is 8.30. The molecule has 14 heavy (non-hydrogen) atoms.